The molecule has 1 aromatic heterocycles. The Morgan fingerprint density at radius 3 is 2.78 bits per heavy atom. The highest BCUT2D eigenvalue weighted by Gasteiger charge is 2.32. The molecule has 100 valence electrons. The highest BCUT2D eigenvalue weighted by atomic mass is 16.3. The monoisotopic (exact) mass is 248 g/mol. The first-order valence-electron chi connectivity index (χ1n) is 7.00. The van der Waals surface area contributed by atoms with Crippen molar-refractivity contribution in [1.82, 2.24) is 4.98 Å². The lowest BCUT2D eigenvalue weighted by Crippen LogP contribution is -2.40. The first-order valence-corrected chi connectivity index (χ1v) is 7.00. The van der Waals surface area contributed by atoms with Gasteiger partial charge in [-0.3, -0.25) is 4.98 Å². The molecule has 3 heteroatoms. The maximum Gasteiger partial charge on any atom is 0.0819 e. The summed E-state index contributed by atoms with van der Waals surface area (Å²) in [6.45, 7) is 4.93. The Labute approximate surface area is 110 Å². The van der Waals surface area contributed by atoms with Gasteiger partial charge in [0.2, 0.25) is 0 Å². The SMILES string of the molecule is CCC1CCC(O)(CNc2ccncc2C)CC1. The third-order valence-electron chi connectivity index (χ3n) is 4.24. The van der Waals surface area contributed by atoms with Crippen LogP contribution in [-0.2, 0) is 0 Å². The molecule has 1 aliphatic carbocycles. The van der Waals surface area contributed by atoms with E-state index in [-0.39, 0.29) is 0 Å². The van der Waals surface area contributed by atoms with Gasteiger partial charge in [-0.05, 0) is 50.2 Å². The number of aliphatic hydroxyl groups is 1. The third kappa shape index (κ3) is 3.22. The Balaban J connectivity index is 1.88. The van der Waals surface area contributed by atoms with E-state index in [4.69, 9.17) is 0 Å². The van der Waals surface area contributed by atoms with Crippen LogP contribution in [0.5, 0.6) is 0 Å². The molecule has 1 fully saturated rings. The second-order valence-corrected chi connectivity index (χ2v) is 5.62. The summed E-state index contributed by atoms with van der Waals surface area (Å²) in [5, 5.41) is 13.9. The predicted octanol–water partition coefficient (Wildman–Crippen LogP) is 3.13. The average molecular weight is 248 g/mol. The van der Waals surface area contributed by atoms with Gasteiger partial charge in [-0.1, -0.05) is 13.3 Å². The molecule has 1 heterocycles. The molecule has 2 rings (SSSR count). The van der Waals surface area contributed by atoms with E-state index in [9.17, 15) is 5.11 Å². The number of aryl methyl sites for hydroxylation is 1. The van der Waals surface area contributed by atoms with Crippen molar-refractivity contribution >= 4 is 5.69 Å². The highest BCUT2D eigenvalue weighted by molar-refractivity contribution is 5.48. The van der Waals surface area contributed by atoms with Gasteiger partial charge in [0.05, 0.1) is 5.60 Å². The molecule has 0 saturated heterocycles. The van der Waals surface area contributed by atoms with Crippen molar-refractivity contribution in [1.29, 1.82) is 0 Å². The molecule has 0 radical (unpaired) electrons. The lowest BCUT2D eigenvalue weighted by Gasteiger charge is -2.36. The number of rotatable bonds is 4. The molecular weight excluding hydrogens is 224 g/mol. The van der Waals surface area contributed by atoms with Crippen molar-refractivity contribution in [2.75, 3.05) is 11.9 Å². The molecule has 1 aliphatic rings. The second kappa shape index (κ2) is 5.70. The highest BCUT2D eigenvalue weighted by Crippen LogP contribution is 2.33. The molecular formula is C15H24N2O. The van der Waals surface area contributed by atoms with Crippen LogP contribution >= 0.6 is 0 Å². The lowest BCUT2D eigenvalue weighted by atomic mass is 9.78. The molecule has 1 aromatic rings. The van der Waals surface area contributed by atoms with E-state index < -0.39 is 5.60 Å². The van der Waals surface area contributed by atoms with Crippen LogP contribution in [0.1, 0.15) is 44.6 Å². The fourth-order valence-electron chi connectivity index (χ4n) is 2.73. The van der Waals surface area contributed by atoms with Crippen LogP contribution < -0.4 is 5.32 Å². The molecule has 0 atom stereocenters. The summed E-state index contributed by atoms with van der Waals surface area (Å²) in [5.41, 5.74) is 1.68. The number of aromatic nitrogens is 1. The van der Waals surface area contributed by atoms with Crippen molar-refractivity contribution < 1.29 is 5.11 Å². The summed E-state index contributed by atoms with van der Waals surface area (Å²) in [6, 6.07) is 1.97. The summed E-state index contributed by atoms with van der Waals surface area (Å²) in [7, 11) is 0. The van der Waals surface area contributed by atoms with E-state index in [2.05, 4.69) is 17.2 Å². The van der Waals surface area contributed by atoms with Crippen molar-refractivity contribution in [3.8, 4) is 0 Å². The van der Waals surface area contributed by atoms with E-state index in [0.29, 0.717) is 6.54 Å². The molecule has 0 aromatic carbocycles. The lowest BCUT2D eigenvalue weighted by molar-refractivity contribution is 0.00229. The first-order chi connectivity index (χ1) is 8.63. The van der Waals surface area contributed by atoms with Crippen LogP contribution in [-0.4, -0.2) is 22.2 Å². The molecule has 3 nitrogen and oxygen atoms in total. The second-order valence-electron chi connectivity index (χ2n) is 5.62. The number of hydrogen-bond donors (Lipinski definition) is 2. The van der Waals surface area contributed by atoms with Crippen LogP contribution in [0.3, 0.4) is 0 Å². The fourth-order valence-corrected chi connectivity index (χ4v) is 2.73. The zero-order valence-electron chi connectivity index (χ0n) is 11.4. The molecule has 1 saturated carbocycles. The minimum absolute atomic E-state index is 0.526. The Bertz CT molecular complexity index is 384. The molecule has 0 aliphatic heterocycles. The van der Waals surface area contributed by atoms with Crippen LogP contribution in [0.4, 0.5) is 5.69 Å². The summed E-state index contributed by atoms with van der Waals surface area (Å²) in [4.78, 5) is 4.08. The standard InChI is InChI=1S/C15H24N2O/c1-3-13-4-7-15(18,8-5-13)11-17-14-6-9-16-10-12(14)2/h6,9-10,13,18H,3-5,7-8,11H2,1-2H3,(H,16,17). The van der Waals surface area contributed by atoms with Gasteiger partial charge in [-0.15, -0.1) is 0 Å². The molecule has 2 N–H and O–H groups in total. The van der Waals surface area contributed by atoms with Gasteiger partial charge in [-0.2, -0.15) is 0 Å². The van der Waals surface area contributed by atoms with Crippen LogP contribution in [0.2, 0.25) is 0 Å². The molecule has 0 bridgehead atoms. The minimum Gasteiger partial charge on any atom is -0.388 e. The molecule has 0 unspecified atom stereocenters. The number of nitrogens with one attached hydrogen (secondary N) is 1. The predicted molar refractivity (Wildman–Crippen MR) is 74.7 cm³/mol. The average Bonchev–Trinajstić information content (AvgIpc) is 2.39. The quantitative estimate of drug-likeness (QED) is 0.860. The van der Waals surface area contributed by atoms with Gasteiger partial charge in [0, 0.05) is 24.6 Å². The fraction of sp³-hybridized carbons (Fsp3) is 0.667. The number of pyridine rings is 1. The third-order valence-corrected chi connectivity index (χ3v) is 4.24. The summed E-state index contributed by atoms with van der Waals surface area (Å²) in [6.07, 6.45) is 9.03. The Morgan fingerprint density at radius 2 is 2.17 bits per heavy atom. The number of anilines is 1. The number of nitrogens with zero attached hydrogens (tertiary/aromatic N) is 1. The van der Waals surface area contributed by atoms with Crippen molar-refractivity contribution in [2.24, 2.45) is 5.92 Å². The van der Waals surface area contributed by atoms with E-state index in [1.54, 1.807) is 6.20 Å². The van der Waals surface area contributed by atoms with Crippen molar-refractivity contribution in [2.45, 2.75) is 51.6 Å². The molecule has 18 heavy (non-hydrogen) atoms. The van der Waals surface area contributed by atoms with Crippen LogP contribution in [0.15, 0.2) is 18.5 Å². The van der Waals surface area contributed by atoms with Gasteiger partial charge >= 0.3 is 0 Å². The topological polar surface area (TPSA) is 45.1 Å². The summed E-state index contributed by atoms with van der Waals surface area (Å²) < 4.78 is 0. The minimum atomic E-state index is -0.526. The van der Waals surface area contributed by atoms with Gasteiger partial charge in [0.25, 0.3) is 0 Å². The van der Waals surface area contributed by atoms with Gasteiger partial charge < -0.3 is 10.4 Å². The van der Waals surface area contributed by atoms with Crippen molar-refractivity contribution in [3.05, 3.63) is 24.0 Å². The van der Waals surface area contributed by atoms with Gasteiger partial charge in [-0.25, -0.2) is 0 Å². The maximum absolute atomic E-state index is 10.6. The zero-order valence-corrected chi connectivity index (χ0v) is 11.4. The van der Waals surface area contributed by atoms with Gasteiger partial charge in [0.1, 0.15) is 0 Å². The normalized spacial score (nSPS) is 28.1. The van der Waals surface area contributed by atoms with E-state index in [0.717, 1.165) is 42.9 Å². The molecule has 0 amide bonds. The Morgan fingerprint density at radius 1 is 1.44 bits per heavy atom. The smallest absolute Gasteiger partial charge is 0.0819 e. The Kier molecular flexibility index (Phi) is 4.23. The van der Waals surface area contributed by atoms with Crippen LogP contribution in [0.25, 0.3) is 0 Å². The van der Waals surface area contributed by atoms with E-state index >= 15 is 0 Å². The molecule has 0 spiro atoms. The maximum atomic E-state index is 10.6. The summed E-state index contributed by atoms with van der Waals surface area (Å²) >= 11 is 0. The first kappa shape index (κ1) is 13.3. The summed E-state index contributed by atoms with van der Waals surface area (Å²) in [5.74, 6) is 0.813. The van der Waals surface area contributed by atoms with Crippen molar-refractivity contribution in [3.63, 3.8) is 0 Å². The zero-order chi connectivity index (χ0) is 13.0. The van der Waals surface area contributed by atoms with Gasteiger partial charge in [0.15, 0.2) is 0 Å². The largest absolute Gasteiger partial charge is 0.388 e. The van der Waals surface area contributed by atoms with E-state index in [1.807, 2.05) is 19.2 Å². The number of hydrogen-bond acceptors (Lipinski definition) is 3. The van der Waals surface area contributed by atoms with Crippen LogP contribution in [0, 0.1) is 12.8 Å². The Hall–Kier alpha value is -1.09. The van der Waals surface area contributed by atoms with E-state index in [1.165, 1.54) is 6.42 Å².